The Hall–Kier alpha value is -2.50. The first kappa shape index (κ1) is 18.3. The van der Waals surface area contributed by atoms with Crippen LogP contribution >= 0.6 is 0 Å². The number of pyridine rings is 1. The van der Waals surface area contributed by atoms with Crippen LogP contribution in [0.4, 0.5) is 0 Å². The Morgan fingerprint density at radius 2 is 1.62 bits per heavy atom. The van der Waals surface area contributed by atoms with Crippen molar-refractivity contribution in [3.8, 4) is 0 Å². The number of rotatable bonds is 7. The van der Waals surface area contributed by atoms with Gasteiger partial charge in [-0.15, -0.1) is 0 Å². The van der Waals surface area contributed by atoms with Crippen LogP contribution in [0.1, 0.15) is 36.2 Å². The maximum absolute atomic E-state index is 12.9. The van der Waals surface area contributed by atoms with Crippen LogP contribution in [0.3, 0.4) is 0 Å². The summed E-state index contributed by atoms with van der Waals surface area (Å²) in [6, 6.07) is 21.5. The standard InChI is InChI=1S/C21H22N2O2S/c1-2-8-17-12-14-19(15-13-17)26(24,25)23-21(18-9-4-3-5-10-18)20-11-6-7-16-22-20/h3-7,9-16,21,23H,2,8H2,1H3/t21-/m1/s1. The molecular formula is C21H22N2O2S. The third-order valence-electron chi connectivity index (χ3n) is 4.16. The highest BCUT2D eigenvalue weighted by Crippen LogP contribution is 2.23. The third kappa shape index (κ3) is 4.36. The van der Waals surface area contributed by atoms with Crippen molar-refractivity contribution in [2.45, 2.75) is 30.7 Å². The predicted octanol–water partition coefficient (Wildman–Crippen LogP) is 4.10. The molecule has 0 radical (unpaired) electrons. The summed E-state index contributed by atoms with van der Waals surface area (Å²) in [5.74, 6) is 0. The van der Waals surface area contributed by atoms with Crippen molar-refractivity contribution in [3.05, 3.63) is 95.8 Å². The minimum Gasteiger partial charge on any atom is -0.259 e. The van der Waals surface area contributed by atoms with Crippen molar-refractivity contribution in [1.29, 1.82) is 0 Å². The SMILES string of the molecule is CCCc1ccc(S(=O)(=O)N[C@H](c2ccccc2)c2ccccn2)cc1. The molecule has 1 aromatic heterocycles. The van der Waals surface area contributed by atoms with Crippen LogP contribution in [0, 0.1) is 0 Å². The molecule has 0 fully saturated rings. The molecule has 0 aliphatic rings. The lowest BCUT2D eigenvalue weighted by molar-refractivity contribution is 0.570. The molecular weight excluding hydrogens is 344 g/mol. The molecule has 5 heteroatoms. The lowest BCUT2D eigenvalue weighted by Crippen LogP contribution is -2.30. The number of nitrogens with one attached hydrogen (secondary N) is 1. The third-order valence-corrected chi connectivity index (χ3v) is 5.60. The van der Waals surface area contributed by atoms with Crippen molar-refractivity contribution in [2.24, 2.45) is 0 Å². The Morgan fingerprint density at radius 3 is 2.23 bits per heavy atom. The Kier molecular flexibility index (Phi) is 5.81. The fourth-order valence-electron chi connectivity index (χ4n) is 2.84. The van der Waals surface area contributed by atoms with E-state index < -0.39 is 16.1 Å². The lowest BCUT2D eigenvalue weighted by Gasteiger charge is -2.19. The molecule has 0 spiro atoms. The normalized spacial score (nSPS) is 12.7. The van der Waals surface area contributed by atoms with Crippen LogP contribution in [0.15, 0.2) is 83.9 Å². The molecule has 0 saturated heterocycles. The molecule has 0 unspecified atom stereocenters. The maximum atomic E-state index is 12.9. The second-order valence-electron chi connectivity index (χ2n) is 6.11. The van der Waals surface area contributed by atoms with Gasteiger partial charge in [-0.1, -0.05) is 61.9 Å². The summed E-state index contributed by atoms with van der Waals surface area (Å²) in [6.45, 7) is 2.10. The van der Waals surface area contributed by atoms with Crippen molar-refractivity contribution < 1.29 is 8.42 Å². The predicted molar refractivity (Wildman–Crippen MR) is 103 cm³/mol. The summed E-state index contributed by atoms with van der Waals surface area (Å²) in [5, 5.41) is 0. The molecule has 4 nitrogen and oxygen atoms in total. The highest BCUT2D eigenvalue weighted by atomic mass is 32.2. The van der Waals surface area contributed by atoms with E-state index in [0.717, 1.165) is 24.0 Å². The average molecular weight is 366 g/mol. The van der Waals surface area contributed by atoms with Crippen LogP contribution in [0.2, 0.25) is 0 Å². The first-order valence-corrected chi connectivity index (χ1v) is 10.2. The Labute approximate surface area is 155 Å². The molecule has 0 saturated carbocycles. The van der Waals surface area contributed by atoms with Gasteiger partial charge in [-0.3, -0.25) is 4.98 Å². The van der Waals surface area contributed by atoms with Crippen LogP contribution in [0.5, 0.6) is 0 Å². The Balaban J connectivity index is 1.93. The van der Waals surface area contributed by atoms with Gasteiger partial charge in [-0.2, -0.15) is 4.72 Å². The van der Waals surface area contributed by atoms with Gasteiger partial charge in [0, 0.05) is 6.20 Å². The molecule has 0 aliphatic carbocycles. The number of sulfonamides is 1. The van der Waals surface area contributed by atoms with Crippen LogP contribution < -0.4 is 4.72 Å². The van der Waals surface area contributed by atoms with Crippen molar-refractivity contribution in [1.82, 2.24) is 9.71 Å². The molecule has 26 heavy (non-hydrogen) atoms. The molecule has 3 aromatic rings. The van der Waals surface area contributed by atoms with Gasteiger partial charge in [-0.25, -0.2) is 8.42 Å². The zero-order chi connectivity index (χ0) is 18.4. The van der Waals surface area contributed by atoms with E-state index in [0.29, 0.717) is 5.69 Å². The second kappa shape index (κ2) is 8.25. The lowest BCUT2D eigenvalue weighted by atomic mass is 10.0. The number of hydrogen-bond donors (Lipinski definition) is 1. The van der Waals surface area contributed by atoms with Crippen molar-refractivity contribution >= 4 is 10.0 Å². The van der Waals surface area contributed by atoms with E-state index in [2.05, 4.69) is 16.6 Å². The quantitative estimate of drug-likeness (QED) is 0.685. The smallest absolute Gasteiger partial charge is 0.241 e. The van der Waals surface area contributed by atoms with E-state index in [4.69, 9.17) is 0 Å². The Morgan fingerprint density at radius 1 is 0.923 bits per heavy atom. The van der Waals surface area contributed by atoms with Gasteiger partial charge >= 0.3 is 0 Å². The van der Waals surface area contributed by atoms with Gasteiger partial charge in [0.2, 0.25) is 10.0 Å². The zero-order valence-electron chi connectivity index (χ0n) is 14.7. The molecule has 1 N–H and O–H groups in total. The fraction of sp³-hybridized carbons (Fsp3) is 0.190. The van der Waals surface area contributed by atoms with Gasteiger partial charge in [-0.05, 0) is 41.8 Å². The minimum absolute atomic E-state index is 0.259. The monoisotopic (exact) mass is 366 g/mol. The number of nitrogens with zero attached hydrogens (tertiary/aromatic N) is 1. The first-order chi connectivity index (χ1) is 12.6. The van der Waals surface area contributed by atoms with E-state index in [1.807, 2.05) is 60.7 Å². The van der Waals surface area contributed by atoms with Crippen molar-refractivity contribution in [3.63, 3.8) is 0 Å². The van der Waals surface area contributed by atoms with Gasteiger partial charge in [0.1, 0.15) is 0 Å². The number of benzene rings is 2. The average Bonchev–Trinajstić information content (AvgIpc) is 2.68. The molecule has 0 aliphatic heterocycles. The topological polar surface area (TPSA) is 59.1 Å². The minimum atomic E-state index is -3.68. The maximum Gasteiger partial charge on any atom is 0.241 e. The molecule has 2 aromatic carbocycles. The van der Waals surface area contributed by atoms with E-state index in [1.165, 1.54) is 0 Å². The van der Waals surface area contributed by atoms with Gasteiger partial charge in [0.05, 0.1) is 16.6 Å². The van der Waals surface area contributed by atoms with Crippen LogP contribution in [-0.4, -0.2) is 13.4 Å². The highest BCUT2D eigenvalue weighted by Gasteiger charge is 2.23. The summed E-state index contributed by atoms with van der Waals surface area (Å²) < 4.78 is 28.6. The summed E-state index contributed by atoms with van der Waals surface area (Å²) in [6.07, 6.45) is 3.63. The van der Waals surface area contributed by atoms with E-state index in [9.17, 15) is 8.42 Å². The molecule has 134 valence electrons. The van der Waals surface area contributed by atoms with E-state index >= 15 is 0 Å². The molecule has 3 rings (SSSR count). The van der Waals surface area contributed by atoms with Gasteiger partial charge < -0.3 is 0 Å². The van der Waals surface area contributed by atoms with Crippen molar-refractivity contribution in [2.75, 3.05) is 0 Å². The van der Waals surface area contributed by atoms with Crippen LogP contribution in [-0.2, 0) is 16.4 Å². The molecule has 1 atom stereocenters. The summed E-state index contributed by atoms with van der Waals surface area (Å²) in [4.78, 5) is 4.60. The largest absolute Gasteiger partial charge is 0.259 e. The number of aromatic nitrogens is 1. The molecule has 0 amide bonds. The summed E-state index contributed by atoms with van der Waals surface area (Å²) in [7, 11) is -3.68. The zero-order valence-corrected chi connectivity index (χ0v) is 15.5. The molecule has 1 heterocycles. The molecule has 0 bridgehead atoms. The highest BCUT2D eigenvalue weighted by molar-refractivity contribution is 7.89. The van der Waals surface area contributed by atoms with E-state index in [-0.39, 0.29) is 4.90 Å². The number of aryl methyl sites for hydroxylation is 1. The van der Waals surface area contributed by atoms with E-state index in [1.54, 1.807) is 18.3 Å². The Bertz CT molecular complexity index is 885. The summed E-state index contributed by atoms with van der Waals surface area (Å²) in [5.41, 5.74) is 2.64. The van der Waals surface area contributed by atoms with Crippen LogP contribution in [0.25, 0.3) is 0 Å². The summed E-state index contributed by atoms with van der Waals surface area (Å²) >= 11 is 0. The first-order valence-electron chi connectivity index (χ1n) is 8.67. The number of hydrogen-bond acceptors (Lipinski definition) is 3. The fourth-order valence-corrected chi connectivity index (χ4v) is 4.04. The van der Waals surface area contributed by atoms with Gasteiger partial charge in [0.15, 0.2) is 0 Å². The van der Waals surface area contributed by atoms with Gasteiger partial charge in [0.25, 0.3) is 0 Å². The second-order valence-corrected chi connectivity index (χ2v) is 7.83.